The quantitative estimate of drug-likeness (QED) is 0.933. The number of aromatic carboxylic acids is 1. The monoisotopic (exact) mass is 327 g/mol. The summed E-state index contributed by atoms with van der Waals surface area (Å²) in [4.78, 5) is 12.6. The van der Waals surface area contributed by atoms with E-state index in [4.69, 9.17) is 9.52 Å². The van der Waals surface area contributed by atoms with Crippen LogP contribution in [0.15, 0.2) is 39.6 Å². The van der Waals surface area contributed by atoms with Gasteiger partial charge in [-0.15, -0.1) is 0 Å². The van der Waals surface area contributed by atoms with Crippen molar-refractivity contribution in [2.45, 2.75) is 6.54 Å². The van der Waals surface area contributed by atoms with Gasteiger partial charge in [-0.2, -0.15) is 0 Å². The second kappa shape index (κ2) is 5.44. The molecule has 1 aromatic heterocycles. The number of halogens is 2. The first kappa shape index (κ1) is 13.6. The van der Waals surface area contributed by atoms with Gasteiger partial charge in [0.2, 0.25) is 0 Å². The Morgan fingerprint density at radius 3 is 2.79 bits per heavy atom. The molecule has 0 aliphatic rings. The van der Waals surface area contributed by atoms with Gasteiger partial charge in [-0.3, -0.25) is 0 Å². The van der Waals surface area contributed by atoms with Crippen LogP contribution in [0.1, 0.15) is 15.9 Å². The fourth-order valence-corrected chi connectivity index (χ4v) is 2.25. The van der Waals surface area contributed by atoms with Crippen molar-refractivity contribution in [3.63, 3.8) is 0 Å². The van der Waals surface area contributed by atoms with Crippen LogP contribution in [-0.4, -0.2) is 18.1 Å². The highest BCUT2D eigenvalue weighted by Gasteiger charge is 2.18. The zero-order valence-corrected chi connectivity index (χ0v) is 11.6. The highest BCUT2D eigenvalue weighted by atomic mass is 79.9. The molecule has 0 aliphatic heterocycles. The Labute approximate surface area is 117 Å². The van der Waals surface area contributed by atoms with Gasteiger partial charge in [0.15, 0.2) is 5.82 Å². The SMILES string of the molecule is CN(Cc1ccoc1)c1ccc(C(=O)O)c(Br)c1F. The summed E-state index contributed by atoms with van der Waals surface area (Å²) in [7, 11) is 1.72. The van der Waals surface area contributed by atoms with Gasteiger partial charge in [0.1, 0.15) is 0 Å². The number of benzene rings is 1. The predicted octanol–water partition coefficient (Wildman–Crippen LogP) is 3.52. The summed E-state index contributed by atoms with van der Waals surface area (Å²) in [6, 6.07) is 4.61. The molecule has 0 saturated carbocycles. The second-order valence-corrected chi connectivity index (χ2v) is 4.85. The van der Waals surface area contributed by atoms with E-state index in [1.807, 2.05) is 0 Å². The van der Waals surface area contributed by atoms with E-state index in [0.717, 1.165) is 5.56 Å². The lowest BCUT2D eigenvalue weighted by molar-refractivity contribution is 0.0695. The van der Waals surface area contributed by atoms with Crippen LogP contribution >= 0.6 is 15.9 Å². The molecular formula is C13H11BrFNO3. The van der Waals surface area contributed by atoms with Gasteiger partial charge in [0, 0.05) is 19.2 Å². The maximum atomic E-state index is 14.1. The van der Waals surface area contributed by atoms with E-state index < -0.39 is 11.8 Å². The summed E-state index contributed by atoms with van der Waals surface area (Å²) in [5.74, 6) is -1.76. The lowest BCUT2D eigenvalue weighted by atomic mass is 10.2. The highest BCUT2D eigenvalue weighted by Crippen LogP contribution is 2.29. The zero-order chi connectivity index (χ0) is 14.0. The van der Waals surface area contributed by atoms with Crippen LogP contribution in [0.3, 0.4) is 0 Å². The van der Waals surface area contributed by atoms with E-state index in [1.54, 1.807) is 30.5 Å². The van der Waals surface area contributed by atoms with Gasteiger partial charge < -0.3 is 14.4 Å². The van der Waals surface area contributed by atoms with Crippen molar-refractivity contribution in [3.8, 4) is 0 Å². The fraction of sp³-hybridized carbons (Fsp3) is 0.154. The van der Waals surface area contributed by atoms with Crippen molar-refractivity contribution < 1.29 is 18.7 Å². The lowest BCUT2D eigenvalue weighted by Crippen LogP contribution is -2.18. The zero-order valence-electron chi connectivity index (χ0n) is 10.1. The molecule has 0 radical (unpaired) electrons. The number of carbonyl (C=O) groups is 1. The van der Waals surface area contributed by atoms with Crippen molar-refractivity contribution >= 4 is 27.6 Å². The normalized spacial score (nSPS) is 10.5. The Hall–Kier alpha value is -1.82. The lowest BCUT2D eigenvalue weighted by Gasteiger charge is -2.20. The maximum Gasteiger partial charge on any atom is 0.336 e. The van der Waals surface area contributed by atoms with Gasteiger partial charge in [-0.05, 0) is 34.1 Å². The van der Waals surface area contributed by atoms with Crippen molar-refractivity contribution in [1.29, 1.82) is 0 Å². The van der Waals surface area contributed by atoms with Crippen molar-refractivity contribution in [3.05, 3.63) is 52.1 Å². The molecule has 0 unspecified atom stereocenters. The van der Waals surface area contributed by atoms with Crippen LogP contribution in [-0.2, 0) is 6.54 Å². The van der Waals surface area contributed by atoms with Crippen LogP contribution in [0.5, 0.6) is 0 Å². The number of rotatable bonds is 4. The number of carboxylic acid groups (broad SMARTS) is 1. The van der Waals surface area contributed by atoms with Crippen LogP contribution < -0.4 is 4.90 Å². The van der Waals surface area contributed by atoms with Gasteiger partial charge >= 0.3 is 5.97 Å². The molecule has 1 aromatic carbocycles. The van der Waals surface area contributed by atoms with Crippen molar-refractivity contribution in [1.82, 2.24) is 0 Å². The van der Waals surface area contributed by atoms with Crippen LogP contribution in [0.25, 0.3) is 0 Å². The maximum absolute atomic E-state index is 14.1. The van der Waals surface area contributed by atoms with E-state index in [-0.39, 0.29) is 10.0 Å². The molecule has 0 spiro atoms. The van der Waals surface area contributed by atoms with Crippen LogP contribution in [0.4, 0.5) is 10.1 Å². The molecule has 2 rings (SSSR count). The number of furan rings is 1. The number of carboxylic acids is 1. The predicted molar refractivity (Wildman–Crippen MR) is 71.9 cm³/mol. The molecule has 0 fully saturated rings. The molecule has 0 bridgehead atoms. The Bertz CT molecular complexity index is 598. The second-order valence-electron chi connectivity index (χ2n) is 4.05. The van der Waals surface area contributed by atoms with E-state index in [1.165, 1.54) is 12.1 Å². The summed E-state index contributed by atoms with van der Waals surface area (Å²) < 4.78 is 19.0. The summed E-state index contributed by atoms with van der Waals surface area (Å²) in [6.07, 6.45) is 3.12. The Morgan fingerprint density at radius 1 is 1.47 bits per heavy atom. The third kappa shape index (κ3) is 2.78. The summed E-state index contributed by atoms with van der Waals surface area (Å²) in [6.45, 7) is 0.465. The molecule has 2 aromatic rings. The highest BCUT2D eigenvalue weighted by molar-refractivity contribution is 9.10. The topological polar surface area (TPSA) is 53.7 Å². The smallest absolute Gasteiger partial charge is 0.336 e. The minimum absolute atomic E-state index is 0.0449. The van der Waals surface area contributed by atoms with Gasteiger partial charge in [-0.25, -0.2) is 9.18 Å². The van der Waals surface area contributed by atoms with Crippen molar-refractivity contribution in [2.75, 3.05) is 11.9 Å². The molecule has 6 heteroatoms. The summed E-state index contributed by atoms with van der Waals surface area (Å²) in [5, 5.41) is 8.90. The first-order chi connectivity index (χ1) is 9.00. The molecule has 0 atom stereocenters. The van der Waals surface area contributed by atoms with E-state index in [9.17, 15) is 9.18 Å². The first-order valence-corrected chi connectivity index (χ1v) is 6.23. The summed E-state index contributed by atoms with van der Waals surface area (Å²) in [5.41, 5.74) is 1.12. The first-order valence-electron chi connectivity index (χ1n) is 5.44. The van der Waals surface area contributed by atoms with E-state index in [2.05, 4.69) is 15.9 Å². The Morgan fingerprint density at radius 2 is 2.21 bits per heavy atom. The molecule has 0 aliphatic carbocycles. The molecule has 1 heterocycles. The fourth-order valence-electron chi connectivity index (χ4n) is 1.74. The molecule has 0 amide bonds. The minimum Gasteiger partial charge on any atom is -0.478 e. The molecule has 1 N–H and O–H groups in total. The van der Waals surface area contributed by atoms with Crippen molar-refractivity contribution in [2.24, 2.45) is 0 Å². The average Bonchev–Trinajstić information content (AvgIpc) is 2.84. The Balaban J connectivity index is 2.30. The molecule has 19 heavy (non-hydrogen) atoms. The largest absolute Gasteiger partial charge is 0.478 e. The molecule has 100 valence electrons. The van der Waals surface area contributed by atoms with Gasteiger partial charge in [0.25, 0.3) is 0 Å². The number of anilines is 1. The third-order valence-corrected chi connectivity index (χ3v) is 3.48. The molecule has 0 saturated heterocycles. The van der Waals surface area contributed by atoms with Crippen LogP contribution in [0.2, 0.25) is 0 Å². The number of hydrogen-bond donors (Lipinski definition) is 1. The Kier molecular flexibility index (Phi) is 3.90. The molecular weight excluding hydrogens is 317 g/mol. The van der Waals surface area contributed by atoms with E-state index in [0.29, 0.717) is 12.2 Å². The standard InChI is InChI=1S/C13H11BrFNO3/c1-16(6-8-4-5-19-7-8)10-3-2-9(13(17)18)11(14)12(10)15/h2-5,7H,6H2,1H3,(H,17,18). The number of hydrogen-bond acceptors (Lipinski definition) is 3. The third-order valence-electron chi connectivity index (χ3n) is 2.70. The average molecular weight is 328 g/mol. The molecule has 4 nitrogen and oxygen atoms in total. The number of nitrogens with zero attached hydrogens (tertiary/aromatic N) is 1. The van der Waals surface area contributed by atoms with Gasteiger partial charge in [0.05, 0.1) is 28.2 Å². The van der Waals surface area contributed by atoms with Crippen LogP contribution in [0, 0.1) is 5.82 Å². The van der Waals surface area contributed by atoms with E-state index >= 15 is 0 Å². The van der Waals surface area contributed by atoms with Gasteiger partial charge in [-0.1, -0.05) is 0 Å². The summed E-state index contributed by atoms with van der Waals surface area (Å²) >= 11 is 2.98. The minimum atomic E-state index is -1.17.